The van der Waals surface area contributed by atoms with E-state index in [1.165, 1.54) is 18.3 Å². The van der Waals surface area contributed by atoms with E-state index in [1.54, 1.807) is 19.1 Å². The standard InChI is InChI=1S/C30H32F2N2O5S/c1-6-37-27(35)15-20-8-7-18(2)11-25(20)38-17-19-12-21-14-26(31)39-29(21)23(13-19)22-9-10-33-24(28(22)32)16-34-40(36)30(3,4)5/h7-14,34H,6,15-17H2,1-5H3/t40-/m0/s1. The van der Waals surface area contributed by atoms with E-state index in [0.29, 0.717) is 27.8 Å². The molecule has 212 valence electrons. The van der Waals surface area contributed by atoms with Gasteiger partial charge in [-0.1, -0.05) is 12.1 Å². The van der Waals surface area contributed by atoms with Crippen LogP contribution in [0.3, 0.4) is 0 Å². The van der Waals surface area contributed by atoms with E-state index in [9.17, 15) is 13.7 Å². The normalized spacial score (nSPS) is 12.5. The number of aryl methyl sites for hydroxylation is 1. The Morgan fingerprint density at radius 3 is 2.62 bits per heavy atom. The van der Waals surface area contributed by atoms with E-state index < -0.39 is 27.9 Å². The summed E-state index contributed by atoms with van der Waals surface area (Å²) in [4.78, 5) is 16.2. The van der Waals surface area contributed by atoms with E-state index >= 15 is 4.39 Å². The van der Waals surface area contributed by atoms with Crippen LogP contribution >= 0.6 is 0 Å². The van der Waals surface area contributed by atoms with Gasteiger partial charge in [-0.2, -0.15) is 4.39 Å². The fourth-order valence-electron chi connectivity index (χ4n) is 4.11. The molecule has 0 saturated heterocycles. The first kappa shape index (κ1) is 29.5. The van der Waals surface area contributed by atoms with Gasteiger partial charge in [-0.3, -0.25) is 9.78 Å². The molecule has 40 heavy (non-hydrogen) atoms. The molecule has 10 heteroatoms. The van der Waals surface area contributed by atoms with E-state index in [4.69, 9.17) is 13.9 Å². The highest BCUT2D eigenvalue weighted by molar-refractivity contribution is 7.90. The fourth-order valence-corrected chi connectivity index (χ4v) is 4.81. The molecule has 2 aromatic heterocycles. The predicted octanol–water partition coefficient (Wildman–Crippen LogP) is 6.32. The predicted molar refractivity (Wildman–Crippen MR) is 150 cm³/mol. The minimum Gasteiger partial charge on any atom is -0.598 e. The second kappa shape index (κ2) is 12.4. The molecular formula is C30H32F2N2O5S. The number of benzene rings is 2. The zero-order chi connectivity index (χ0) is 29.0. The summed E-state index contributed by atoms with van der Waals surface area (Å²) in [6.07, 6.45) is 1.50. The summed E-state index contributed by atoms with van der Waals surface area (Å²) in [7, 11) is 0. The topological polar surface area (TPSA) is 96.7 Å². The molecule has 4 rings (SSSR count). The van der Waals surface area contributed by atoms with Gasteiger partial charge < -0.3 is 18.4 Å². The van der Waals surface area contributed by atoms with Gasteiger partial charge in [0.1, 0.15) is 22.7 Å². The number of fused-ring (bicyclic) bond motifs is 1. The highest BCUT2D eigenvalue weighted by Crippen LogP contribution is 2.35. The number of nitrogens with one attached hydrogen (secondary N) is 1. The Kier molecular flexibility index (Phi) is 9.12. The number of furan rings is 1. The molecule has 0 amide bonds. The molecule has 0 bridgehead atoms. The van der Waals surface area contributed by atoms with E-state index in [1.807, 2.05) is 45.9 Å². The Bertz CT molecular complexity index is 1520. The van der Waals surface area contributed by atoms with Gasteiger partial charge in [-0.15, -0.1) is 4.72 Å². The van der Waals surface area contributed by atoms with Crippen molar-refractivity contribution in [3.8, 4) is 16.9 Å². The Hall–Kier alpha value is -3.47. The van der Waals surface area contributed by atoms with Crippen LogP contribution in [0.15, 0.2) is 53.1 Å². The van der Waals surface area contributed by atoms with Gasteiger partial charge >= 0.3 is 5.97 Å². The monoisotopic (exact) mass is 570 g/mol. The van der Waals surface area contributed by atoms with Crippen molar-refractivity contribution in [1.29, 1.82) is 0 Å². The molecule has 0 radical (unpaired) electrons. The number of carbonyl (C=O) groups is 1. The fraction of sp³-hybridized carbons (Fsp3) is 0.333. The molecule has 0 saturated carbocycles. The van der Waals surface area contributed by atoms with E-state index in [0.717, 1.165) is 5.56 Å². The highest BCUT2D eigenvalue weighted by Gasteiger charge is 2.27. The van der Waals surface area contributed by atoms with Crippen LogP contribution in [-0.4, -0.2) is 26.9 Å². The first-order valence-electron chi connectivity index (χ1n) is 12.8. The maximum atomic E-state index is 15.7. The van der Waals surface area contributed by atoms with Crippen molar-refractivity contribution in [1.82, 2.24) is 9.71 Å². The largest absolute Gasteiger partial charge is 0.598 e. The number of hydrogen-bond acceptors (Lipinski definition) is 7. The minimum atomic E-state index is -1.42. The van der Waals surface area contributed by atoms with Gasteiger partial charge in [0.2, 0.25) is 0 Å². The van der Waals surface area contributed by atoms with E-state index in [-0.39, 0.29) is 49.0 Å². The SMILES string of the molecule is CCOC(=O)Cc1ccc(C)cc1OCc1cc(-c2ccnc(CN[S@@+]([O-])C(C)(C)C)c2F)c2oc(F)cc2c1. The lowest BCUT2D eigenvalue weighted by atomic mass is 10.00. The number of hydrogen-bond donors (Lipinski definition) is 1. The molecule has 0 aliphatic carbocycles. The molecule has 0 aliphatic heterocycles. The van der Waals surface area contributed by atoms with Crippen LogP contribution in [0.2, 0.25) is 0 Å². The lowest BCUT2D eigenvalue weighted by Gasteiger charge is -2.23. The Morgan fingerprint density at radius 2 is 1.90 bits per heavy atom. The molecule has 0 unspecified atom stereocenters. The quantitative estimate of drug-likeness (QED) is 0.176. The smallest absolute Gasteiger partial charge is 0.310 e. The van der Waals surface area contributed by atoms with Crippen molar-refractivity contribution in [3.63, 3.8) is 0 Å². The van der Waals surface area contributed by atoms with Gasteiger partial charge in [0.15, 0.2) is 5.82 Å². The average Bonchev–Trinajstić information content (AvgIpc) is 3.27. The average molecular weight is 571 g/mol. The number of halogens is 2. The van der Waals surface area contributed by atoms with Gasteiger partial charge in [-0.25, -0.2) is 4.39 Å². The first-order valence-corrected chi connectivity index (χ1v) is 14.0. The lowest BCUT2D eigenvalue weighted by molar-refractivity contribution is -0.142. The Labute approximate surface area is 235 Å². The van der Waals surface area contributed by atoms with E-state index in [2.05, 4.69) is 9.71 Å². The molecule has 0 aliphatic rings. The van der Waals surface area contributed by atoms with Crippen LogP contribution in [-0.2, 0) is 40.5 Å². The molecule has 0 fully saturated rings. The second-order valence-electron chi connectivity index (χ2n) is 10.3. The molecular weight excluding hydrogens is 538 g/mol. The van der Waals surface area contributed by atoms with Crippen molar-refractivity contribution in [2.24, 2.45) is 0 Å². The number of rotatable bonds is 10. The van der Waals surface area contributed by atoms with Crippen molar-refractivity contribution in [3.05, 3.63) is 82.9 Å². The summed E-state index contributed by atoms with van der Waals surface area (Å²) in [5.74, 6) is -0.477. The second-order valence-corrected chi connectivity index (χ2v) is 12.4. The highest BCUT2D eigenvalue weighted by atomic mass is 32.2. The zero-order valence-electron chi connectivity index (χ0n) is 23.1. The van der Waals surface area contributed by atoms with Gasteiger partial charge in [0.05, 0.1) is 25.3 Å². The summed E-state index contributed by atoms with van der Waals surface area (Å²) < 4.78 is 61.0. The summed E-state index contributed by atoms with van der Waals surface area (Å²) in [6.45, 7) is 9.37. The van der Waals surface area contributed by atoms with Crippen molar-refractivity contribution >= 4 is 28.3 Å². The van der Waals surface area contributed by atoms with Crippen LogP contribution in [0.1, 0.15) is 50.1 Å². The van der Waals surface area contributed by atoms with Crippen LogP contribution in [0.5, 0.6) is 5.75 Å². The summed E-state index contributed by atoms with van der Waals surface area (Å²) in [6, 6.07) is 10.8. The molecule has 2 aromatic carbocycles. The maximum absolute atomic E-state index is 15.7. The third-order valence-corrected chi connectivity index (χ3v) is 7.60. The number of aromatic nitrogens is 1. The number of pyridine rings is 1. The molecule has 2 heterocycles. The third-order valence-electron chi connectivity index (χ3n) is 6.08. The third kappa shape index (κ3) is 6.99. The summed E-state index contributed by atoms with van der Waals surface area (Å²) in [5.41, 5.74) is 2.99. The Morgan fingerprint density at radius 1 is 1.12 bits per heavy atom. The lowest BCUT2D eigenvalue weighted by Crippen LogP contribution is -2.39. The molecule has 0 spiro atoms. The number of nitrogens with zero attached hydrogens (tertiary/aromatic N) is 1. The van der Waals surface area contributed by atoms with Crippen molar-refractivity contribution in [2.45, 2.75) is 58.9 Å². The molecule has 7 nitrogen and oxygen atoms in total. The van der Waals surface area contributed by atoms with Crippen LogP contribution < -0.4 is 9.46 Å². The van der Waals surface area contributed by atoms with Crippen LogP contribution in [0, 0.1) is 18.8 Å². The van der Waals surface area contributed by atoms with Gasteiger partial charge in [-0.05, 0) is 70.0 Å². The van der Waals surface area contributed by atoms with Gasteiger partial charge in [0, 0.05) is 45.7 Å². The molecule has 4 aromatic rings. The number of ether oxygens (including phenoxy) is 2. The van der Waals surface area contributed by atoms with Crippen molar-refractivity contribution in [2.75, 3.05) is 6.61 Å². The van der Waals surface area contributed by atoms with Gasteiger partial charge in [0.25, 0.3) is 6.01 Å². The number of carbonyl (C=O) groups excluding carboxylic acids is 1. The maximum Gasteiger partial charge on any atom is 0.310 e. The van der Waals surface area contributed by atoms with Crippen LogP contribution in [0.4, 0.5) is 8.78 Å². The van der Waals surface area contributed by atoms with Crippen LogP contribution in [0.25, 0.3) is 22.1 Å². The summed E-state index contributed by atoms with van der Waals surface area (Å²) in [5, 5.41) is 0.439. The summed E-state index contributed by atoms with van der Waals surface area (Å²) >= 11 is -1.42. The minimum absolute atomic E-state index is 0.0553. The Balaban J connectivity index is 1.66. The molecule has 1 N–H and O–H groups in total. The molecule has 1 atom stereocenters. The zero-order valence-corrected chi connectivity index (χ0v) is 23.9. The van der Waals surface area contributed by atoms with Crippen molar-refractivity contribution < 1.29 is 32.0 Å². The first-order chi connectivity index (χ1) is 19.0. The number of esters is 1.